The summed E-state index contributed by atoms with van der Waals surface area (Å²) in [6, 6.07) is 3.57. The molecule has 0 saturated carbocycles. The number of rotatable bonds is 3. The summed E-state index contributed by atoms with van der Waals surface area (Å²) < 4.78 is 0. The molecule has 0 aliphatic heterocycles. The van der Waals surface area contributed by atoms with E-state index in [-0.39, 0.29) is 17.9 Å². The van der Waals surface area contributed by atoms with E-state index in [0.29, 0.717) is 5.56 Å². The van der Waals surface area contributed by atoms with E-state index >= 15 is 0 Å². The van der Waals surface area contributed by atoms with Crippen molar-refractivity contribution in [1.82, 2.24) is 0 Å². The van der Waals surface area contributed by atoms with Crippen molar-refractivity contribution in [2.45, 2.75) is 12.5 Å². The quantitative estimate of drug-likeness (QED) is 0.399. The molecule has 0 aromatic heterocycles. The normalized spacial score (nSPS) is 12.4. The number of nitrogens with two attached hydrogens (primary N) is 2. The summed E-state index contributed by atoms with van der Waals surface area (Å²) in [7, 11) is 0. The highest BCUT2D eigenvalue weighted by molar-refractivity contribution is 5.73. The first-order chi connectivity index (χ1) is 6.50. The first-order valence-corrected chi connectivity index (χ1v) is 4.06. The Morgan fingerprint density at radius 2 is 2.14 bits per heavy atom. The molecule has 1 atom stereocenters. The fourth-order valence-electron chi connectivity index (χ4n) is 1.07. The van der Waals surface area contributed by atoms with Gasteiger partial charge in [-0.15, -0.1) is 0 Å². The lowest BCUT2D eigenvalue weighted by Gasteiger charge is -2.07. The van der Waals surface area contributed by atoms with Crippen LogP contribution >= 0.6 is 0 Å². The van der Waals surface area contributed by atoms with Gasteiger partial charge < -0.3 is 21.7 Å². The Bertz CT molecular complexity index is 352. The zero-order valence-corrected chi connectivity index (χ0v) is 7.47. The molecule has 1 aromatic rings. The maximum absolute atomic E-state index is 10.4. The standard InChI is InChI=1S/C9H12N2O3/c10-6-3-5(1-2-8(6)12)4-7(11)9(13)14/h1-3,7,12H,4,10-11H2,(H,13,14)/t7-/m1/s1. The molecular formula is C9H12N2O3. The molecule has 76 valence electrons. The van der Waals surface area contributed by atoms with Gasteiger partial charge in [0.2, 0.25) is 0 Å². The second kappa shape index (κ2) is 3.97. The summed E-state index contributed by atoms with van der Waals surface area (Å²) in [5.74, 6) is -1.07. The average molecular weight is 196 g/mol. The number of carboxylic acids is 1. The summed E-state index contributed by atoms with van der Waals surface area (Å²) in [4.78, 5) is 10.4. The predicted molar refractivity (Wildman–Crippen MR) is 51.8 cm³/mol. The van der Waals surface area contributed by atoms with Crippen molar-refractivity contribution < 1.29 is 15.0 Å². The zero-order valence-electron chi connectivity index (χ0n) is 7.47. The third-order valence-electron chi connectivity index (χ3n) is 1.86. The van der Waals surface area contributed by atoms with E-state index < -0.39 is 12.0 Å². The fourth-order valence-corrected chi connectivity index (χ4v) is 1.07. The molecule has 0 radical (unpaired) electrons. The van der Waals surface area contributed by atoms with Crippen LogP contribution in [0.1, 0.15) is 5.56 Å². The van der Waals surface area contributed by atoms with Crippen LogP contribution in [0.15, 0.2) is 18.2 Å². The second-order valence-corrected chi connectivity index (χ2v) is 3.04. The minimum Gasteiger partial charge on any atom is -0.506 e. The van der Waals surface area contributed by atoms with Crippen LogP contribution in [0.25, 0.3) is 0 Å². The molecule has 0 saturated heterocycles. The van der Waals surface area contributed by atoms with Crippen LogP contribution in [0.3, 0.4) is 0 Å². The third-order valence-corrected chi connectivity index (χ3v) is 1.86. The Morgan fingerprint density at radius 1 is 1.50 bits per heavy atom. The van der Waals surface area contributed by atoms with E-state index in [0.717, 1.165) is 0 Å². The number of aromatic hydroxyl groups is 1. The lowest BCUT2D eigenvalue weighted by Crippen LogP contribution is -2.32. The predicted octanol–water partition coefficient (Wildman–Crippen LogP) is -0.0712. The minimum atomic E-state index is -1.06. The molecule has 0 fully saturated rings. The number of phenols is 1. The molecule has 0 aliphatic rings. The van der Waals surface area contributed by atoms with Gasteiger partial charge in [-0.2, -0.15) is 0 Å². The largest absolute Gasteiger partial charge is 0.506 e. The van der Waals surface area contributed by atoms with Gasteiger partial charge in [0, 0.05) is 0 Å². The van der Waals surface area contributed by atoms with Crippen molar-refractivity contribution in [2.75, 3.05) is 5.73 Å². The van der Waals surface area contributed by atoms with E-state index in [1.165, 1.54) is 12.1 Å². The Hall–Kier alpha value is -1.75. The number of carbonyl (C=O) groups is 1. The summed E-state index contributed by atoms with van der Waals surface area (Å²) in [6.07, 6.45) is 0.194. The van der Waals surface area contributed by atoms with Crippen molar-refractivity contribution in [1.29, 1.82) is 0 Å². The van der Waals surface area contributed by atoms with E-state index in [1.54, 1.807) is 6.07 Å². The van der Waals surface area contributed by atoms with Crippen LogP contribution < -0.4 is 11.5 Å². The lowest BCUT2D eigenvalue weighted by molar-refractivity contribution is -0.138. The maximum atomic E-state index is 10.4. The first-order valence-electron chi connectivity index (χ1n) is 4.06. The number of anilines is 1. The van der Waals surface area contributed by atoms with Crippen LogP contribution in [0.2, 0.25) is 0 Å². The fraction of sp³-hybridized carbons (Fsp3) is 0.222. The Balaban J connectivity index is 2.78. The summed E-state index contributed by atoms with van der Waals surface area (Å²) in [5.41, 5.74) is 11.7. The molecule has 0 spiro atoms. The molecular weight excluding hydrogens is 184 g/mol. The highest BCUT2D eigenvalue weighted by Gasteiger charge is 2.12. The molecule has 0 unspecified atom stereocenters. The van der Waals surface area contributed by atoms with Crippen LogP contribution in [0, 0.1) is 0 Å². The van der Waals surface area contributed by atoms with Crippen molar-refractivity contribution in [3.63, 3.8) is 0 Å². The minimum absolute atomic E-state index is 0.0161. The van der Waals surface area contributed by atoms with Crippen LogP contribution in [-0.4, -0.2) is 22.2 Å². The average Bonchev–Trinajstić information content (AvgIpc) is 2.11. The molecule has 1 aromatic carbocycles. The van der Waals surface area contributed by atoms with Gasteiger partial charge in [0.1, 0.15) is 11.8 Å². The maximum Gasteiger partial charge on any atom is 0.320 e. The summed E-state index contributed by atoms with van der Waals surface area (Å²) >= 11 is 0. The van der Waals surface area contributed by atoms with Gasteiger partial charge in [-0.05, 0) is 24.1 Å². The number of nitrogen functional groups attached to an aromatic ring is 1. The number of benzene rings is 1. The van der Waals surface area contributed by atoms with Crippen molar-refractivity contribution in [3.8, 4) is 5.75 Å². The topological polar surface area (TPSA) is 110 Å². The highest BCUT2D eigenvalue weighted by atomic mass is 16.4. The van der Waals surface area contributed by atoms with Gasteiger partial charge in [0.05, 0.1) is 5.69 Å². The highest BCUT2D eigenvalue weighted by Crippen LogP contribution is 2.20. The number of hydrogen-bond donors (Lipinski definition) is 4. The van der Waals surface area contributed by atoms with Crippen LogP contribution in [-0.2, 0) is 11.2 Å². The van der Waals surface area contributed by atoms with Gasteiger partial charge in [0.25, 0.3) is 0 Å². The van der Waals surface area contributed by atoms with E-state index in [4.69, 9.17) is 21.7 Å². The molecule has 1 rings (SSSR count). The zero-order chi connectivity index (χ0) is 10.7. The van der Waals surface area contributed by atoms with Crippen LogP contribution in [0.4, 0.5) is 5.69 Å². The van der Waals surface area contributed by atoms with Crippen LogP contribution in [0.5, 0.6) is 5.75 Å². The second-order valence-electron chi connectivity index (χ2n) is 3.04. The van der Waals surface area contributed by atoms with Gasteiger partial charge in [-0.1, -0.05) is 6.07 Å². The van der Waals surface area contributed by atoms with Gasteiger partial charge in [-0.3, -0.25) is 4.79 Å². The molecule has 0 amide bonds. The van der Waals surface area contributed by atoms with E-state index in [9.17, 15) is 4.79 Å². The molecule has 0 heterocycles. The van der Waals surface area contributed by atoms with Crippen molar-refractivity contribution >= 4 is 11.7 Å². The molecule has 5 heteroatoms. The van der Waals surface area contributed by atoms with Gasteiger partial charge in [0.15, 0.2) is 0 Å². The SMILES string of the molecule is Nc1cc(C[C@@H](N)C(=O)O)ccc1O. The van der Waals surface area contributed by atoms with Crippen molar-refractivity contribution in [3.05, 3.63) is 23.8 Å². The van der Waals surface area contributed by atoms with Gasteiger partial charge in [-0.25, -0.2) is 0 Å². The number of carboxylic acid groups (broad SMARTS) is 1. The van der Waals surface area contributed by atoms with E-state index in [2.05, 4.69) is 0 Å². The lowest BCUT2D eigenvalue weighted by atomic mass is 10.1. The molecule has 5 nitrogen and oxygen atoms in total. The smallest absolute Gasteiger partial charge is 0.320 e. The number of hydrogen-bond acceptors (Lipinski definition) is 4. The monoisotopic (exact) mass is 196 g/mol. The van der Waals surface area contributed by atoms with E-state index in [1.807, 2.05) is 0 Å². The molecule has 14 heavy (non-hydrogen) atoms. The Labute approximate surface area is 81.0 Å². The number of phenolic OH excluding ortho intramolecular Hbond substituents is 1. The van der Waals surface area contributed by atoms with Crippen molar-refractivity contribution in [2.24, 2.45) is 5.73 Å². The molecule has 6 N–H and O–H groups in total. The van der Waals surface area contributed by atoms with Gasteiger partial charge >= 0.3 is 5.97 Å². The Morgan fingerprint density at radius 3 is 2.64 bits per heavy atom. The third kappa shape index (κ3) is 2.37. The molecule has 0 bridgehead atoms. The molecule has 0 aliphatic carbocycles. The first kappa shape index (κ1) is 10.3. The summed E-state index contributed by atoms with van der Waals surface area (Å²) in [6.45, 7) is 0. The summed E-state index contributed by atoms with van der Waals surface area (Å²) in [5, 5.41) is 17.7. The number of aliphatic carboxylic acids is 1. The Kier molecular flexibility index (Phi) is 2.93.